The molecule has 4 rings (SSSR count). The predicted molar refractivity (Wildman–Crippen MR) is 107 cm³/mol. The summed E-state index contributed by atoms with van der Waals surface area (Å²) in [5.74, 6) is 3.85. The van der Waals surface area contributed by atoms with Crippen LogP contribution in [0.1, 0.15) is 5.56 Å². The molecule has 27 heavy (non-hydrogen) atoms. The summed E-state index contributed by atoms with van der Waals surface area (Å²) in [5, 5.41) is 7.19. The summed E-state index contributed by atoms with van der Waals surface area (Å²) in [5.41, 5.74) is 3.06. The van der Waals surface area contributed by atoms with Crippen LogP contribution in [-0.2, 0) is 0 Å². The van der Waals surface area contributed by atoms with Gasteiger partial charge in [0.25, 0.3) is 0 Å². The van der Waals surface area contributed by atoms with Crippen LogP contribution in [-0.4, -0.2) is 27.0 Å². The first kappa shape index (κ1) is 16.8. The molecule has 1 aromatic carbocycles. The van der Waals surface area contributed by atoms with Gasteiger partial charge >= 0.3 is 0 Å². The van der Waals surface area contributed by atoms with Crippen molar-refractivity contribution in [3.63, 3.8) is 0 Å². The van der Waals surface area contributed by atoms with Crippen LogP contribution >= 0.6 is 11.3 Å². The van der Waals surface area contributed by atoms with Crippen LogP contribution in [0.25, 0.3) is 10.3 Å². The van der Waals surface area contributed by atoms with Gasteiger partial charge in [0.1, 0.15) is 11.0 Å². The molecule has 0 aliphatic carbocycles. The number of nitrogens with zero attached hydrogens (tertiary/aromatic N) is 4. The largest absolute Gasteiger partial charge is 0.481 e. The zero-order valence-corrected chi connectivity index (χ0v) is 15.1. The average molecular weight is 374 g/mol. The Morgan fingerprint density at radius 3 is 2.78 bits per heavy atom. The molecule has 0 saturated heterocycles. The van der Waals surface area contributed by atoms with Gasteiger partial charge in [-0.2, -0.15) is 4.98 Å². The highest BCUT2D eigenvalue weighted by molar-refractivity contribution is 7.22. The fourth-order valence-electron chi connectivity index (χ4n) is 2.42. The van der Waals surface area contributed by atoms with E-state index in [0.717, 1.165) is 21.6 Å². The van der Waals surface area contributed by atoms with E-state index in [1.165, 1.54) is 17.7 Å². The molecule has 0 amide bonds. The zero-order chi connectivity index (χ0) is 18.6. The van der Waals surface area contributed by atoms with Crippen LogP contribution in [0, 0.1) is 12.3 Å². The van der Waals surface area contributed by atoms with Gasteiger partial charge in [0.05, 0.1) is 19.0 Å². The van der Waals surface area contributed by atoms with E-state index < -0.39 is 0 Å². The monoisotopic (exact) mass is 374 g/mol. The highest BCUT2D eigenvalue weighted by Gasteiger charge is 2.11. The number of hydrogen-bond donors (Lipinski definition) is 2. The first-order valence-corrected chi connectivity index (χ1v) is 8.79. The minimum absolute atomic E-state index is 0.552. The van der Waals surface area contributed by atoms with E-state index in [0.29, 0.717) is 22.5 Å². The molecule has 8 heteroatoms. The fraction of sp³-hybridized carbons (Fsp3) is 0.0526. The fourth-order valence-corrected chi connectivity index (χ4v) is 3.30. The maximum atomic E-state index is 5.46. The molecule has 0 radical (unpaired) electrons. The molecule has 0 aliphatic heterocycles. The molecule has 0 bridgehead atoms. The minimum Gasteiger partial charge on any atom is -0.481 e. The smallest absolute Gasteiger partial charge is 0.213 e. The molecular weight excluding hydrogens is 360 g/mol. The van der Waals surface area contributed by atoms with Crippen LogP contribution < -0.4 is 15.4 Å². The summed E-state index contributed by atoms with van der Waals surface area (Å²) in [7, 11) is 1.58. The molecule has 0 unspecified atom stereocenters. The van der Waals surface area contributed by atoms with Crippen molar-refractivity contribution in [1.82, 2.24) is 19.9 Å². The van der Waals surface area contributed by atoms with Gasteiger partial charge in [-0.1, -0.05) is 23.3 Å². The Hall–Kier alpha value is -3.70. The molecule has 0 spiro atoms. The van der Waals surface area contributed by atoms with Crippen molar-refractivity contribution in [2.75, 3.05) is 17.7 Å². The standard InChI is InChI=1S/C19H14N6OS/c1-3-12-5-4-6-13(9-12)23-17-16-18(22-11-21-17)25-19(27-16)24-14-7-8-15(26-2)20-10-14/h1,4-11H,2H3,(H2,21,22,23,24,25). The molecule has 0 saturated carbocycles. The van der Waals surface area contributed by atoms with Gasteiger partial charge in [0, 0.05) is 17.3 Å². The average Bonchev–Trinajstić information content (AvgIpc) is 3.12. The van der Waals surface area contributed by atoms with Gasteiger partial charge in [-0.3, -0.25) is 0 Å². The van der Waals surface area contributed by atoms with E-state index in [-0.39, 0.29) is 0 Å². The predicted octanol–water partition coefficient (Wildman–Crippen LogP) is 3.96. The molecular formula is C19H14N6OS. The van der Waals surface area contributed by atoms with E-state index in [1.807, 2.05) is 30.3 Å². The summed E-state index contributed by atoms with van der Waals surface area (Å²) in [6.45, 7) is 0. The first-order chi connectivity index (χ1) is 13.2. The number of ether oxygens (including phenoxy) is 1. The molecule has 4 aromatic rings. The normalized spacial score (nSPS) is 10.4. The summed E-state index contributed by atoms with van der Waals surface area (Å²) in [4.78, 5) is 17.3. The third-order valence-electron chi connectivity index (χ3n) is 3.68. The topological polar surface area (TPSA) is 84.9 Å². The second-order valence-corrected chi connectivity index (χ2v) is 6.46. The van der Waals surface area contributed by atoms with E-state index >= 15 is 0 Å². The van der Waals surface area contributed by atoms with Gasteiger partial charge in [-0.25, -0.2) is 15.0 Å². The summed E-state index contributed by atoms with van der Waals surface area (Å²) < 4.78 is 5.91. The SMILES string of the molecule is C#Cc1cccc(Nc2ncnc3nc(Nc4ccc(OC)nc4)sc23)c1. The van der Waals surface area contributed by atoms with Gasteiger partial charge < -0.3 is 15.4 Å². The minimum atomic E-state index is 0.552. The molecule has 0 aliphatic rings. The van der Waals surface area contributed by atoms with Crippen molar-refractivity contribution in [3.05, 3.63) is 54.5 Å². The molecule has 7 nitrogen and oxygen atoms in total. The molecule has 0 atom stereocenters. The Balaban J connectivity index is 1.62. The number of methoxy groups -OCH3 is 1. The number of hydrogen-bond acceptors (Lipinski definition) is 8. The second-order valence-electron chi connectivity index (χ2n) is 5.46. The van der Waals surface area contributed by atoms with Crippen molar-refractivity contribution < 1.29 is 4.74 Å². The van der Waals surface area contributed by atoms with Crippen LogP contribution in [0.5, 0.6) is 5.88 Å². The Morgan fingerprint density at radius 2 is 2.00 bits per heavy atom. The van der Waals surface area contributed by atoms with Gasteiger partial charge in [0.2, 0.25) is 5.88 Å². The lowest BCUT2D eigenvalue weighted by molar-refractivity contribution is 0.398. The molecule has 3 aromatic heterocycles. The molecule has 132 valence electrons. The van der Waals surface area contributed by atoms with E-state index in [4.69, 9.17) is 11.2 Å². The maximum absolute atomic E-state index is 5.46. The lowest BCUT2D eigenvalue weighted by Gasteiger charge is -2.06. The first-order valence-electron chi connectivity index (χ1n) is 7.97. The Bertz CT molecular complexity index is 1130. The number of rotatable bonds is 5. The highest BCUT2D eigenvalue weighted by Crippen LogP contribution is 2.32. The van der Waals surface area contributed by atoms with Crippen molar-refractivity contribution in [2.24, 2.45) is 0 Å². The number of terminal acetylenes is 1. The van der Waals surface area contributed by atoms with E-state index in [9.17, 15) is 0 Å². The number of anilines is 4. The van der Waals surface area contributed by atoms with Crippen LogP contribution in [0.3, 0.4) is 0 Å². The van der Waals surface area contributed by atoms with Crippen molar-refractivity contribution in [2.45, 2.75) is 0 Å². The molecule has 2 N–H and O–H groups in total. The van der Waals surface area contributed by atoms with Gasteiger partial charge in [0.15, 0.2) is 16.6 Å². The Kier molecular flexibility index (Phi) is 4.51. The van der Waals surface area contributed by atoms with Gasteiger partial charge in [-0.15, -0.1) is 6.42 Å². The third kappa shape index (κ3) is 3.63. The lowest BCUT2D eigenvalue weighted by Crippen LogP contribution is -1.95. The third-order valence-corrected chi connectivity index (χ3v) is 4.65. The highest BCUT2D eigenvalue weighted by atomic mass is 32.1. The number of aromatic nitrogens is 4. The number of fused-ring (bicyclic) bond motifs is 1. The molecule has 0 fully saturated rings. The Labute approximate surface area is 159 Å². The second kappa shape index (κ2) is 7.27. The van der Waals surface area contributed by atoms with Crippen molar-refractivity contribution in [1.29, 1.82) is 0 Å². The molecule has 3 heterocycles. The van der Waals surface area contributed by atoms with Crippen LogP contribution in [0.2, 0.25) is 0 Å². The van der Waals surface area contributed by atoms with Gasteiger partial charge in [-0.05, 0) is 24.3 Å². The number of nitrogens with one attached hydrogen (secondary N) is 2. The summed E-state index contributed by atoms with van der Waals surface area (Å²) in [6, 6.07) is 11.2. The quantitative estimate of drug-likeness (QED) is 0.512. The Morgan fingerprint density at radius 1 is 1.07 bits per heavy atom. The maximum Gasteiger partial charge on any atom is 0.213 e. The van der Waals surface area contributed by atoms with E-state index in [1.54, 1.807) is 19.4 Å². The number of pyridine rings is 1. The van der Waals surface area contributed by atoms with Crippen LogP contribution in [0.15, 0.2) is 48.9 Å². The van der Waals surface area contributed by atoms with E-state index in [2.05, 4.69) is 36.5 Å². The van der Waals surface area contributed by atoms with Crippen molar-refractivity contribution in [3.8, 4) is 18.2 Å². The number of thiazole rings is 1. The zero-order valence-electron chi connectivity index (χ0n) is 14.3. The summed E-state index contributed by atoms with van der Waals surface area (Å²) in [6.07, 6.45) is 8.63. The summed E-state index contributed by atoms with van der Waals surface area (Å²) >= 11 is 1.45. The van der Waals surface area contributed by atoms with Crippen LogP contribution in [0.4, 0.5) is 22.3 Å². The number of benzene rings is 1. The van der Waals surface area contributed by atoms with Crippen molar-refractivity contribution >= 4 is 44.0 Å². The lowest BCUT2D eigenvalue weighted by atomic mass is 10.2.